The number of nitrogens with zero attached hydrogens (tertiary/aromatic N) is 3. The van der Waals surface area contributed by atoms with Gasteiger partial charge >= 0.3 is 0 Å². The van der Waals surface area contributed by atoms with Crippen LogP contribution in [0.3, 0.4) is 0 Å². The molecule has 1 saturated heterocycles. The number of nitriles is 1. The number of benzene rings is 1. The van der Waals surface area contributed by atoms with E-state index in [1.54, 1.807) is 12.1 Å². The molecule has 108 valence electrons. The summed E-state index contributed by atoms with van der Waals surface area (Å²) in [5.74, 6) is 0. The summed E-state index contributed by atoms with van der Waals surface area (Å²) >= 11 is 6.03. The molecule has 0 saturated carbocycles. The van der Waals surface area contributed by atoms with Crippen molar-refractivity contribution in [2.24, 2.45) is 0 Å². The molecule has 2 rings (SSSR count). The van der Waals surface area contributed by atoms with Gasteiger partial charge in [0.25, 0.3) is 0 Å². The van der Waals surface area contributed by atoms with Crippen LogP contribution < -0.4 is 4.90 Å². The van der Waals surface area contributed by atoms with Gasteiger partial charge in [-0.25, -0.2) is 0 Å². The highest BCUT2D eigenvalue weighted by molar-refractivity contribution is 6.30. The molecule has 1 fully saturated rings. The maximum atomic E-state index is 9.86. The molecule has 4 nitrogen and oxygen atoms in total. The average molecular weight is 294 g/mol. The third kappa shape index (κ3) is 3.86. The molecule has 1 N–H and O–H groups in total. The predicted octanol–water partition coefficient (Wildman–Crippen LogP) is 2.10. The first-order chi connectivity index (χ1) is 9.39. The van der Waals surface area contributed by atoms with Crippen LogP contribution in [-0.2, 0) is 0 Å². The zero-order valence-corrected chi connectivity index (χ0v) is 12.7. The fourth-order valence-electron chi connectivity index (χ4n) is 2.56. The molecule has 1 aliphatic heterocycles. The van der Waals surface area contributed by atoms with Crippen LogP contribution >= 0.6 is 11.6 Å². The Morgan fingerprint density at radius 3 is 2.50 bits per heavy atom. The molecule has 0 atom stereocenters. The van der Waals surface area contributed by atoms with Gasteiger partial charge in [-0.1, -0.05) is 11.6 Å². The van der Waals surface area contributed by atoms with E-state index in [2.05, 4.69) is 15.9 Å². The van der Waals surface area contributed by atoms with Crippen LogP contribution in [0.15, 0.2) is 18.2 Å². The van der Waals surface area contributed by atoms with E-state index in [9.17, 15) is 10.4 Å². The summed E-state index contributed by atoms with van der Waals surface area (Å²) in [4.78, 5) is 4.43. The quantitative estimate of drug-likeness (QED) is 0.927. The zero-order chi connectivity index (χ0) is 14.8. The number of hydrogen-bond acceptors (Lipinski definition) is 4. The minimum atomic E-state index is -0.671. The molecule has 1 aromatic rings. The van der Waals surface area contributed by atoms with E-state index in [0.717, 1.165) is 31.9 Å². The highest BCUT2D eigenvalue weighted by Gasteiger charge is 2.23. The number of rotatable bonds is 3. The molecular weight excluding hydrogens is 274 g/mol. The molecule has 1 heterocycles. The first-order valence-corrected chi connectivity index (χ1v) is 7.16. The highest BCUT2D eigenvalue weighted by Crippen LogP contribution is 2.25. The van der Waals surface area contributed by atoms with Gasteiger partial charge in [0.15, 0.2) is 0 Å². The molecule has 1 aliphatic rings. The average Bonchev–Trinajstić information content (AvgIpc) is 2.38. The predicted molar refractivity (Wildman–Crippen MR) is 81.1 cm³/mol. The molecular formula is C15H20ClN3O. The van der Waals surface area contributed by atoms with Gasteiger partial charge in [-0.05, 0) is 32.0 Å². The smallest absolute Gasteiger partial charge is 0.101 e. The first-order valence-electron chi connectivity index (χ1n) is 6.78. The second kappa shape index (κ2) is 6.01. The maximum Gasteiger partial charge on any atom is 0.101 e. The van der Waals surface area contributed by atoms with Crippen LogP contribution in [0.1, 0.15) is 19.4 Å². The Balaban J connectivity index is 2.04. The molecule has 0 bridgehead atoms. The van der Waals surface area contributed by atoms with Gasteiger partial charge in [0, 0.05) is 37.7 Å². The van der Waals surface area contributed by atoms with E-state index >= 15 is 0 Å². The summed E-state index contributed by atoms with van der Waals surface area (Å²) in [7, 11) is 0. The Labute approximate surface area is 125 Å². The number of β-amino-alcohol motifs (C(OH)–C–C–N with tert-alkyl or cyclic N) is 1. The van der Waals surface area contributed by atoms with E-state index < -0.39 is 5.60 Å². The molecule has 20 heavy (non-hydrogen) atoms. The second-order valence-corrected chi connectivity index (χ2v) is 6.29. The van der Waals surface area contributed by atoms with Crippen molar-refractivity contribution in [2.75, 3.05) is 37.6 Å². The van der Waals surface area contributed by atoms with Crippen molar-refractivity contribution in [3.63, 3.8) is 0 Å². The van der Waals surface area contributed by atoms with Crippen LogP contribution in [0.5, 0.6) is 0 Å². The van der Waals surface area contributed by atoms with Crippen molar-refractivity contribution >= 4 is 17.3 Å². The Hall–Kier alpha value is -1.28. The number of anilines is 1. The van der Waals surface area contributed by atoms with E-state index in [4.69, 9.17) is 11.6 Å². The number of hydrogen-bond donors (Lipinski definition) is 1. The lowest BCUT2D eigenvalue weighted by Crippen LogP contribution is -2.50. The highest BCUT2D eigenvalue weighted by atomic mass is 35.5. The molecule has 1 aromatic carbocycles. The van der Waals surface area contributed by atoms with E-state index in [1.807, 2.05) is 19.9 Å². The Kier molecular flexibility index (Phi) is 4.54. The van der Waals surface area contributed by atoms with Gasteiger partial charge in [-0.2, -0.15) is 5.26 Å². The lowest BCUT2D eigenvalue weighted by Gasteiger charge is -2.38. The molecule has 0 amide bonds. The maximum absolute atomic E-state index is 9.86. The Bertz CT molecular complexity index is 511. The summed E-state index contributed by atoms with van der Waals surface area (Å²) in [5.41, 5.74) is 0.893. The van der Waals surface area contributed by atoms with Gasteiger partial charge < -0.3 is 10.0 Å². The fraction of sp³-hybridized carbons (Fsp3) is 0.533. The monoisotopic (exact) mass is 293 g/mol. The minimum absolute atomic E-state index is 0.651. The molecule has 0 aliphatic carbocycles. The summed E-state index contributed by atoms with van der Waals surface area (Å²) in [6.45, 7) is 7.74. The largest absolute Gasteiger partial charge is 0.389 e. The SMILES string of the molecule is CC(C)(O)CN1CCN(c2cc(Cl)ccc2C#N)CC1. The van der Waals surface area contributed by atoms with Crippen molar-refractivity contribution in [1.82, 2.24) is 4.90 Å². The zero-order valence-electron chi connectivity index (χ0n) is 11.9. The fourth-order valence-corrected chi connectivity index (χ4v) is 2.72. The van der Waals surface area contributed by atoms with Gasteiger partial charge in [0.2, 0.25) is 0 Å². The van der Waals surface area contributed by atoms with Crippen molar-refractivity contribution in [1.29, 1.82) is 5.26 Å². The lowest BCUT2D eigenvalue weighted by atomic mass is 10.1. The normalized spacial score (nSPS) is 17.1. The summed E-state index contributed by atoms with van der Waals surface area (Å²) in [6.07, 6.45) is 0. The summed E-state index contributed by atoms with van der Waals surface area (Å²) < 4.78 is 0. The standard InChI is InChI=1S/C15H20ClN3O/c1-15(2,20)11-18-5-7-19(8-6-18)14-9-13(16)4-3-12(14)10-17/h3-4,9,20H,5-8,11H2,1-2H3. The third-order valence-electron chi connectivity index (χ3n) is 3.40. The topological polar surface area (TPSA) is 50.5 Å². The summed E-state index contributed by atoms with van der Waals surface area (Å²) in [6, 6.07) is 7.58. The lowest BCUT2D eigenvalue weighted by molar-refractivity contribution is 0.0345. The molecule has 0 spiro atoms. The van der Waals surface area contributed by atoms with Crippen LogP contribution in [0.25, 0.3) is 0 Å². The van der Waals surface area contributed by atoms with Gasteiger partial charge in [0.1, 0.15) is 6.07 Å². The number of halogens is 1. The van der Waals surface area contributed by atoms with Gasteiger partial charge in [0.05, 0.1) is 16.9 Å². The third-order valence-corrected chi connectivity index (χ3v) is 3.64. The van der Waals surface area contributed by atoms with Crippen LogP contribution in [0, 0.1) is 11.3 Å². The molecule has 0 aromatic heterocycles. The van der Waals surface area contributed by atoms with Crippen molar-refractivity contribution in [2.45, 2.75) is 19.4 Å². The van der Waals surface area contributed by atoms with E-state index in [1.165, 1.54) is 0 Å². The first kappa shape index (κ1) is 15.1. The molecule has 0 unspecified atom stereocenters. The van der Waals surface area contributed by atoms with Crippen molar-refractivity contribution in [3.05, 3.63) is 28.8 Å². The van der Waals surface area contributed by atoms with E-state index in [0.29, 0.717) is 17.1 Å². The van der Waals surface area contributed by atoms with Crippen molar-refractivity contribution in [3.8, 4) is 6.07 Å². The Morgan fingerprint density at radius 1 is 1.30 bits per heavy atom. The second-order valence-electron chi connectivity index (χ2n) is 5.85. The molecule has 0 radical (unpaired) electrons. The van der Waals surface area contributed by atoms with Crippen LogP contribution in [0.2, 0.25) is 5.02 Å². The van der Waals surface area contributed by atoms with Crippen molar-refractivity contribution < 1.29 is 5.11 Å². The molecule has 5 heteroatoms. The van der Waals surface area contributed by atoms with Crippen LogP contribution in [0.4, 0.5) is 5.69 Å². The Morgan fingerprint density at radius 2 is 1.95 bits per heavy atom. The van der Waals surface area contributed by atoms with Crippen LogP contribution in [-0.4, -0.2) is 48.3 Å². The summed E-state index contributed by atoms with van der Waals surface area (Å²) in [5, 5.41) is 19.7. The van der Waals surface area contributed by atoms with Gasteiger partial charge in [-0.15, -0.1) is 0 Å². The minimum Gasteiger partial charge on any atom is -0.389 e. The number of aliphatic hydroxyl groups is 1. The van der Waals surface area contributed by atoms with E-state index in [-0.39, 0.29) is 0 Å². The van der Waals surface area contributed by atoms with Gasteiger partial charge in [-0.3, -0.25) is 4.90 Å². The number of piperazine rings is 1.